The maximum atomic E-state index is 2.48. The van der Waals surface area contributed by atoms with Crippen LogP contribution in [0, 0.1) is 13.8 Å². The fourth-order valence-corrected chi connectivity index (χ4v) is 8.17. The Bertz CT molecular complexity index is 1900. The Hall–Kier alpha value is -5.08. The summed E-state index contributed by atoms with van der Waals surface area (Å²) in [7, 11) is 0. The highest BCUT2D eigenvalue weighted by Crippen LogP contribution is 2.55. The summed E-state index contributed by atoms with van der Waals surface area (Å²) in [5, 5.41) is 0. The van der Waals surface area contributed by atoms with Crippen LogP contribution in [0.1, 0.15) is 61.1 Å². The van der Waals surface area contributed by atoms with Gasteiger partial charge in [-0.15, -0.1) is 0 Å². The van der Waals surface area contributed by atoms with E-state index in [0.717, 1.165) is 0 Å². The molecule has 0 saturated carbocycles. The Morgan fingerprint density at radius 3 is 0.891 bits per heavy atom. The topological polar surface area (TPSA) is 6.48 Å². The van der Waals surface area contributed by atoms with Gasteiger partial charge < -0.3 is 9.80 Å². The van der Waals surface area contributed by atoms with E-state index in [1.54, 1.807) is 0 Å². The minimum atomic E-state index is -0.0876. The summed E-state index contributed by atoms with van der Waals surface area (Å²) in [5.41, 5.74) is 17.7. The van der Waals surface area contributed by atoms with Crippen LogP contribution in [-0.4, -0.2) is 0 Å². The lowest BCUT2D eigenvalue weighted by molar-refractivity contribution is 0.631. The molecular formula is C44H40N2. The van der Waals surface area contributed by atoms with Crippen LogP contribution in [0.4, 0.5) is 34.1 Å². The van der Waals surface area contributed by atoms with Gasteiger partial charge in [0.25, 0.3) is 0 Å². The first kappa shape index (κ1) is 28.4. The van der Waals surface area contributed by atoms with Crippen molar-refractivity contribution in [2.45, 2.75) is 52.4 Å². The number of para-hydroxylation sites is 4. The van der Waals surface area contributed by atoms with Gasteiger partial charge in [0.05, 0.1) is 22.7 Å². The molecule has 6 aromatic carbocycles. The number of nitrogens with zero attached hydrogens (tertiary/aromatic N) is 2. The van der Waals surface area contributed by atoms with Crippen LogP contribution in [-0.2, 0) is 10.8 Å². The van der Waals surface area contributed by atoms with Crippen LogP contribution >= 0.6 is 0 Å². The van der Waals surface area contributed by atoms with E-state index in [0.29, 0.717) is 0 Å². The number of anilines is 6. The minimum Gasteiger partial charge on any atom is -0.310 e. The summed E-state index contributed by atoms with van der Waals surface area (Å²) in [6.45, 7) is 14.0. The van der Waals surface area contributed by atoms with Gasteiger partial charge in [-0.2, -0.15) is 0 Å². The van der Waals surface area contributed by atoms with Gasteiger partial charge in [-0.3, -0.25) is 0 Å². The highest BCUT2D eigenvalue weighted by atomic mass is 15.2. The highest BCUT2D eigenvalue weighted by molar-refractivity contribution is 5.92. The Kier molecular flexibility index (Phi) is 6.31. The molecule has 0 bridgehead atoms. The number of hydrogen-bond donors (Lipinski definition) is 0. The SMILES string of the molecule is Cc1c(-c2cccc(N3c4ccccc4C(C)(C)c4ccccc43)c2C)cccc1N1c2ccccc2C(C)(C)c2ccccc21. The molecule has 226 valence electrons. The second-order valence-corrected chi connectivity index (χ2v) is 13.9. The molecule has 0 fully saturated rings. The summed E-state index contributed by atoms with van der Waals surface area (Å²) in [5.74, 6) is 0. The third-order valence-corrected chi connectivity index (χ3v) is 10.7. The normalized spacial score (nSPS) is 15.4. The quantitative estimate of drug-likeness (QED) is 0.200. The van der Waals surface area contributed by atoms with Crippen molar-refractivity contribution in [3.8, 4) is 11.1 Å². The van der Waals surface area contributed by atoms with Crippen molar-refractivity contribution < 1.29 is 0 Å². The van der Waals surface area contributed by atoms with E-state index in [1.807, 2.05) is 0 Å². The molecule has 2 heteroatoms. The monoisotopic (exact) mass is 596 g/mol. The first-order valence-electron chi connectivity index (χ1n) is 16.4. The predicted molar refractivity (Wildman–Crippen MR) is 195 cm³/mol. The smallest absolute Gasteiger partial charge is 0.0502 e. The van der Waals surface area contributed by atoms with Crippen LogP contribution in [0.5, 0.6) is 0 Å². The standard InChI is InChI=1S/C44H40N2/c1-29-31(17-15-27-37(29)45-39-23-11-7-19-33(39)43(3,4)34-20-8-12-24-40(34)45)32-18-16-28-38(30(32)2)46-41-25-13-9-21-35(41)44(5,6)36-22-10-14-26-42(36)46/h7-28H,1-6H3. The molecule has 0 saturated heterocycles. The average molecular weight is 597 g/mol. The van der Waals surface area contributed by atoms with Gasteiger partial charge in [0.2, 0.25) is 0 Å². The molecule has 2 nitrogen and oxygen atoms in total. The Morgan fingerprint density at radius 1 is 0.326 bits per heavy atom. The number of fused-ring (bicyclic) bond motifs is 4. The maximum absolute atomic E-state index is 2.48. The molecule has 8 rings (SSSR count). The third kappa shape index (κ3) is 3.96. The van der Waals surface area contributed by atoms with E-state index in [2.05, 4.69) is 185 Å². The van der Waals surface area contributed by atoms with Crippen molar-refractivity contribution in [3.05, 3.63) is 167 Å². The van der Waals surface area contributed by atoms with Crippen LogP contribution < -0.4 is 9.80 Å². The van der Waals surface area contributed by atoms with Gasteiger partial charge in [0.15, 0.2) is 0 Å². The van der Waals surface area contributed by atoms with Crippen LogP contribution in [0.2, 0.25) is 0 Å². The summed E-state index contributed by atoms with van der Waals surface area (Å²) in [6.07, 6.45) is 0. The molecule has 0 spiro atoms. The molecule has 46 heavy (non-hydrogen) atoms. The lowest BCUT2D eigenvalue weighted by atomic mass is 9.73. The first-order chi connectivity index (χ1) is 22.2. The van der Waals surface area contributed by atoms with Gasteiger partial charge in [-0.25, -0.2) is 0 Å². The second-order valence-electron chi connectivity index (χ2n) is 13.9. The van der Waals surface area contributed by atoms with E-state index >= 15 is 0 Å². The van der Waals surface area contributed by atoms with E-state index < -0.39 is 0 Å². The average Bonchev–Trinajstić information content (AvgIpc) is 3.07. The van der Waals surface area contributed by atoms with Crippen molar-refractivity contribution in [3.63, 3.8) is 0 Å². The molecule has 0 unspecified atom stereocenters. The number of hydrogen-bond acceptors (Lipinski definition) is 2. The van der Waals surface area contributed by atoms with Crippen molar-refractivity contribution in [2.75, 3.05) is 9.80 Å². The van der Waals surface area contributed by atoms with Crippen molar-refractivity contribution >= 4 is 34.1 Å². The molecule has 0 radical (unpaired) electrons. The Labute approximate surface area is 273 Å². The number of rotatable bonds is 3. The molecule has 0 atom stereocenters. The van der Waals surface area contributed by atoms with Crippen molar-refractivity contribution in [2.24, 2.45) is 0 Å². The van der Waals surface area contributed by atoms with E-state index in [-0.39, 0.29) is 10.8 Å². The summed E-state index contributed by atoms with van der Waals surface area (Å²) < 4.78 is 0. The summed E-state index contributed by atoms with van der Waals surface area (Å²) in [6, 6.07) is 49.2. The maximum Gasteiger partial charge on any atom is 0.0502 e. The van der Waals surface area contributed by atoms with E-state index in [9.17, 15) is 0 Å². The van der Waals surface area contributed by atoms with E-state index in [4.69, 9.17) is 0 Å². The zero-order chi connectivity index (χ0) is 31.8. The van der Waals surface area contributed by atoms with Crippen LogP contribution in [0.25, 0.3) is 11.1 Å². The molecule has 2 aliphatic rings. The fourth-order valence-electron chi connectivity index (χ4n) is 8.17. The fraction of sp³-hybridized carbons (Fsp3) is 0.182. The summed E-state index contributed by atoms with van der Waals surface area (Å²) in [4.78, 5) is 4.96. The van der Waals surface area contributed by atoms with Gasteiger partial charge in [0, 0.05) is 22.2 Å². The Morgan fingerprint density at radius 2 is 0.587 bits per heavy atom. The van der Waals surface area contributed by atoms with Gasteiger partial charge in [-0.1, -0.05) is 125 Å². The van der Waals surface area contributed by atoms with Crippen LogP contribution in [0.15, 0.2) is 133 Å². The van der Waals surface area contributed by atoms with Crippen molar-refractivity contribution in [1.82, 2.24) is 0 Å². The molecular weight excluding hydrogens is 556 g/mol. The zero-order valence-corrected chi connectivity index (χ0v) is 27.6. The van der Waals surface area contributed by atoms with Gasteiger partial charge >= 0.3 is 0 Å². The molecule has 2 heterocycles. The predicted octanol–water partition coefficient (Wildman–Crippen LogP) is 12.2. The highest BCUT2D eigenvalue weighted by Gasteiger charge is 2.38. The van der Waals surface area contributed by atoms with Crippen molar-refractivity contribution in [1.29, 1.82) is 0 Å². The molecule has 0 aliphatic carbocycles. The van der Waals surface area contributed by atoms with Crippen LogP contribution in [0.3, 0.4) is 0 Å². The molecule has 0 aromatic heterocycles. The molecule has 2 aliphatic heterocycles. The number of benzene rings is 6. The van der Waals surface area contributed by atoms with E-state index in [1.165, 1.54) is 78.6 Å². The molecule has 6 aromatic rings. The minimum absolute atomic E-state index is 0.0876. The van der Waals surface area contributed by atoms with Gasteiger partial charge in [-0.05, 0) is 94.8 Å². The second kappa shape index (κ2) is 10.2. The third-order valence-electron chi connectivity index (χ3n) is 10.7. The Balaban J connectivity index is 1.31. The lowest BCUT2D eigenvalue weighted by Gasteiger charge is -2.43. The lowest BCUT2D eigenvalue weighted by Crippen LogP contribution is -2.31. The summed E-state index contributed by atoms with van der Waals surface area (Å²) >= 11 is 0. The largest absolute Gasteiger partial charge is 0.310 e. The zero-order valence-electron chi connectivity index (χ0n) is 27.6. The van der Waals surface area contributed by atoms with Gasteiger partial charge in [0.1, 0.15) is 0 Å². The molecule has 0 amide bonds. The first-order valence-corrected chi connectivity index (χ1v) is 16.4. The molecule has 0 N–H and O–H groups in total.